The summed E-state index contributed by atoms with van der Waals surface area (Å²) in [6.45, 7) is 7.02. The Balaban J connectivity index is 2.27. The zero-order valence-corrected chi connectivity index (χ0v) is 16.9. The van der Waals surface area contributed by atoms with Gasteiger partial charge in [-0.05, 0) is 32.0 Å². The lowest BCUT2D eigenvalue weighted by atomic mass is 9.90. The van der Waals surface area contributed by atoms with Gasteiger partial charge in [0.2, 0.25) is 0 Å². The average molecular weight is 426 g/mol. The number of nitriles is 1. The third-order valence-corrected chi connectivity index (χ3v) is 6.59. The predicted octanol–water partition coefficient (Wildman–Crippen LogP) is 3.99. The second kappa shape index (κ2) is 7.79. The van der Waals surface area contributed by atoms with Crippen molar-refractivity contribution in [1.82, 2.24) is 0 Å². The number of thioether (sulfide) groups is 1. The molecule has 3 unspecified atom stereocenters. The van der Waals surface area contributed by atoms with Crippen molar-refractivity contribution < 1.29 is 19.1 Å². The molecule has 25 heavy (non-hydrogen) atoms. The minimum absolute atomic E-state index is 0.0331. The van der Waals surface area contributed by atoms with Gasteiger partial charge in [-0.1, -0.05) is 34.6 Å². The number of carbonyl (C=O) groups excluding carboxylic acids is 2. The maximum absolute atomic E-state index is 12.5. The third kappa shape index (κ3) is 4.56. The highest BCUT2D eigenvalue weighted by molar-refractivity contribution is 9.09. The smallest absolute Gasteiger partial charge is 0.310 e. The Labute approximate surface area is 160 Å². The van der Waals surface area contributed by atoms with Crippen molar-refractivity contribution in [2.75, 3.05) is 5.75 Å². The maximum atomic E-state index is 12.5. The van der Waals surface area contributed by atoms with E-state index in [2.05, 4.69) is 22.0 Å². The van der Waals surface area contributed by atoms with Crippen LogP contribution in [0.4, 0.5) is 0 Å². The summed E-state index contributed by atoms with van der Waals surface area (Å²) in [6, 6.07) is 7.18. The molecule has 7 heteroatoms. The molecule has 1 aromatic carbocycles. The Morgan fingerprint density at radius 3 is 2.76 bits per heavy atom. The Kier molecular flexibility index (Phi) is 6.17. The molecule has 1 aliphatic heterocycles. The van der Waals surface area contributed by atoms with Gasteiger partial charge in [0.1, 0.15) is 17.5 Å². The van der Waals surface area contributed by atoms with Crippen LogP contribution < -0.4 is 4.74 Å². The number of carbonyl (C=O) groups is 2. The molecule has 3 atom stereocenters. The van der Waals surface area contributed by atoms with Crippen molar-refractivity contribution in [3.8, 4) is 11.8 Å². The van der Waals surface area contributed by atoms with Crippen LogP contribution in [0.1, 0.15) is 44.9 Å². The molecule has 0 aliphatic carbocycles. The van der Waals surface area contributed by atoms with E-state index in [0.29, 0.717) is 22.6 Å². The molecule has 0 aromatic heterocycles. The summed E-state index contributed by atoms with van der Waals surface area (Å²) in [5.74, 6) is 0.179. The lowest BCUT2D eigenvalue weighted by Gasteiger charge is -2.41. The maximum Gasteiger partial charge on any atom is 0.310 e. The van der Waals surface area contributed by atoms with Crippen LogP contribution in [0, 0.1) is 17.2 Å². The molecular formula is C18H20BrNO4S. The van der Waals surface area contributed by atoms with Crippen molar-refractivity contribution in [3.63, 3.8) is 0 Å². The number of fused-ring (bicyclic) bond motifs is 1. The lowest BCUT2D eigenvalue weighted by molar-refractivity contribution is -0.156. The quantitative estimate of drug-likeness (QED) is 0.535. The SMILES string of the molecule is CC(=O)SCC(C)C(=O)OC1c2cc(C#N)ccc2OC(C)(C)C1Br. The molecule has 0 saturated heterocycles. The number of rotatable bonds is 4. The average Bonchev–Trinajstić information content (AvgIpc) is 2.55. The normalized spacial score (nSPS) is 22.1. The predicted molar refractivity (Wildman–Crippen MR) is 99.7 cm³/mol. The Bertz CT molecular complexity index is 728. The molecule has 1 aliphatic rings. The van der Waals surface area contributed by atoms with Crippen LogP contribution in [-0.2, 0) is 14.3 Å². The largest absolute Gasteiger partial charge is 0.486 e. The van der Waals surface area contributed by atoms with Crippen LogP contribution in [0.2, 0.25) is 0 Å². The molecule has 0 amide bonds. The van der Waals surface area contributed by atoms with E-state index in [-0.39, 0.29) is 15.9 Å². The monoisotopic (exact) mass is 425 g/mol. The summed E-state index contributed by atoms with van der Waals surface area (Å²) in [4.78, 5) is 23.3. The number of hydrogen-bond donors (Lipinski definition) is 0. The van der Waals surface area contributed by atoms with Gasteiger partial charge < -0.3 is 9.47 Å². The van der Waals surface area contributed by atoms with Gasteiger partial charge in [-0.3, -0.25) is 9.59 Å². The zero-order valence-electron chi connectivity index (χ0n) is 14.5. The van der Waals surface area contributed by atoms with E-state index >= 15 is 0 Å². The molecule has 0 spiro atoms. The number of ether oxygens (including phenoxy) is 2. The molecule has 1 aromatic rings. The number of nitrogens with zero attached hydrogens (tertiary/aromatic N) is 1. The number of hydrogen-bond acceptors (Lipinski definition) is 6. The van der Waals surface area contributed by atoms with Gasteiger partial charge in [0.15, 0.2) is 5.12 Å². The second-order valence-electron chi connectivity index (χ2n) is 6.53. The summed E-state index contributed by atoms with van der Waals surface area (Å²) in [6.07, 6.45) is -0.579. The van der Waals surface area contributed by atoms with Crippen LogP contribution in [-0.4, -0.2) is 27.3 Å². The van der Waals surface area contributed by atoms with E-state index in [9.17, 15) is 9.59 Å². The first-order valence-electron chi connectivity index (χ1n) is 7.86. The van der Waals surface area contributed by atoms with Crippen molar-refractivity contribution in [3.05, 3.63) is 29.3 Å². The van der Waals surface area contributed by atoms with E-state index < -0.39 is 17.6 Å². The van der Waals surface area contributed by atoms with Crippen LogP contribution in [0.25, 0.3) is 0 Å². The molecule has 134 valence electrons. The summed E-state index contributed by atoms with van der Waals surface area (Å²) >= 11 is 4.69. The van der Waals surface area contributed by atoms with E-state index in [1.807, 2.05) is 13.8 Å². The lowest BCUT2D eigenvalue weighted by Crippen LogP contribution is -2.47. The number of halogens is 1. The summed E-state index contributed by atoms with van der Waals surface area (Å²) in [5.41, 5.74) is 0.548. The van der Waals surface area contributed by atoms with Crippen molar-refractivity contribution >= 4 is 38.8 Å². The van der Waals surface area contributed by atoms with Crippen molar-refractivity contribution in [1.29, 1.82) is 5.26 Å². The summed E-state index contributed by atoms with van der Waals surface area (Å²) in [5, 5.41) is 9.11. The number of alkyl halides is 1. The zero-order chi connectivity index (χ0) is 18.8. The highest BCUT2D eigenvalue weighted by Gasteiger charge is 2.45. The molecule has 0 bridgehead atoms. The molecule has 1 heterocycles. The van der Waals surface area contributed by atoms with Gasteiger partial charge in [-0.25, -0.2) is 0 Å². The van der Waals surface area contributed by atoms with Gasteiger partial charge >= 0.3 is 5.97 Å². The Morgan fingerprint density at radius 1 is 1.48 bits per heavy atom. The third-order valence-electron chi connectivity index (χ3n) is 3.93. The molecule has 0 radical (unpaired) electrons. The van der Waals surface area contributed by atoms with Crippen LogP contribution >= 0.6 is 27.7 Å². The summed E-state index contributed by atoms with van der Waals surface area (Å²) < 4.78 is 11.7. The molecule has 5 nitrogen and oxygen atoms in total. The van der Waals surface area contributed by atoms with Gasteiger partial charge in [-0.15, -0.1) is 0 Å². The fraction of sp³-hybridized carbons (Fsp3) is 0.500. The minimum atomic E-state index is -0.594. The fourth-order valence-electron chi connectivity index (χ4n) is 2.47. The molecule has 2 rings (SSSR count). The second-order valence-corrected chi connectivity index (χ2v) is 8.72. The standard InChI is InChI=1S/C18H20BrNO4S/c1-10(9-25-11(2)21)17(22)23-15-13-7-12(8-20)5-6-14(13)24-18(3,4)16(15)19/h5-7,10,15-16H,9H2,1-4H3. The first-order valence-corrected chi connectivity index (χ1v) is 9.77. The van der Waals surface area contributed by atoms with Crippen molar-refractivity contribution in [2.24, 2.45) is 5.92 Å². The highest BCUT2D eigenvalue weighted by atomic mass is 79.9. The topological polar surface area (TPSA) is 76.4 Å². The van der Waals surface area contributed by atoms with Gasteiger partial charge in [-0.2, -0.15) is 5.26 Å². The van der Waals surface area contributed by atoms with Crippen molar-refractivity contribution in [2.45, 2.75) is 44.2 Å². The number of esters is 1. The van der Waals surface area contributed by atoms with Gasteiger partial charge in [0, 0.05) is 18.2 Å². The molecular weight excluding hydrogens is 406 g/mol. The van der Waals surface area contributed by atoms with Crippen LogP contribution in [0.3, 0.4) is 0 Å². The minimum Gasteiger partial charge on any atom is -0.486 e. The highest BCUT2D eigenvalue weighted by Crippen LogP contribution is 2.45. The van der Waals surface area contributed by atoms with Crippen LogP contribution in [0.5, 0.6) is 5.75 Å². The van der Waals surface area contributed by atoms with E-state index in [4.69, 9.17) is 14.7 Å². The fourth-order valence-corrected chi connectivity index (χ4v) is 3.58. The van der Waals surface area contributed by atoms with E-state index in [0.717, 1.165) is 11.8 Å². The Morgan fingerprint density at radius 2 is 2.16 bits per heavy atom. The molecule has 0 saturated carbocycles. The van der Waals surface area contributed by atoms with Crippen LogP contribution in [0.15, 0.2) is 18.2 Å². The first-order chi connectivity index (χ1) is 11.7. The van der Waals surface area contributed by atoms with E-state index in [1.165, 1.54) is 6.92 Å². The van der Waals surface area contributed by atoms with Gasteiger partial charge in [0.25, 0.3) is 0 Å². The Hall–Kier alpha value is -1.52. The molecule has 0 fully saturated rings. The van der Waals surface area contributed by atoms with E-state index in [1.54, 1.807) is 25.1 Å². The number of benzene rings is 1. The van der Waals surface area contributed by atoms with Gasteiger partial charge in [0.05, 0.1) is 22.4 Å². The summed E-state index contributed by atoms with van der Waals surface area (Å²) in [7, 11) is 0. The molecule has 0 N–H and O–H groups in total. The first kappa shape index (κ1) is 19.8.